The molecule has 24 nitrogen and oxygen atoms in total. The smallest absolute Gasteiger partial charge is 0.243 e. The lowest BCUT2D eigenvalue weighted by Gasteiger charge is -2.28. The molecule has 398 valence electrons. The van der Waals surface area contributed by atoms with Gasteiger partial charge in [0.2, 0.25) is 41.4 Å². The number of carbonyl (C=O) groups is 8. The molecule has 24 heteroatoms. The summed E-state index contributed by atoms with van der Waals surface area (Å²) < 4.78 is 0. The molecule has 4 aromatic rings. The van der Waals surface area contributed by atoms with Crippen LogP contribution in [0.1, 0.15) is 88.0 Å². The largest absolute Gasteiger partial charge is 0.370 e. The lowest BCUT2D eigenvalue weighted by Crippen LogP contribution is -2.60. The van der Waals surface area contributed by atoms with Crippen LogP contribution in [0.2, 0.25) is 0 Å². The predicted octanol–water partition coefficient (Wildman–Crippen LogP) is -1.01. The molecule has 0 spiro atoms. The Kier molecular flexibility index (Phi) is 22.4. The third-order valence-corrected chi connectivity index (χ3v) is 12.3. The highest BCUT2D eigenvalue weighted by Gasteiger charge is 2.34. The van der Waals surface area contributed by atoms with Crippen molar-refractivity contribution in [1.29, 1.82) is 0 Å². The molecule has 0 unspecified atom stereocenters. The highest BCUT2D eigenvalue weighted by molar-refractivity contribution is 5.97. The summed E-state index contributed by atoms with van der Waals surface area (Å²) >= 11 is 0. The highest BCUT2D eigenvalue weighted by atomic mass is 16.2. The number of amides is 7. The average Bonchev–Trinajstić information content (AvgIpc) is 4.04. The first kappa shape index (κ1) is 56.6. The molecular weight excluding hydrogens is 953 g/mol. The third-order valence-electron chi connectivity index (χ3n) is 12.3. The number of ketones is 1. The standard InChI is InChI=1S/C50H70N16O8/c1-30(67)61-37(18-10-21-57-49(51)52)44(70)62-38-17-7-3-6-14-34(68)20-23-56-43(69)41(25-32-27-59-36-16-9-8-15-35(32)36)65-46(72)39(19-11-22-58-50(53)54)63-47(73)40(24-31-12-4-2-5-13-31)64-48(74)42(66-45(38)71)26-33-28-55-29-60-33/h2,4-5,8-9,12-13,15-16,27-29,37-42,59H,3,6-7,10-11,14,17-26H2,1H3,(H,55,60)(H,56,69)(H,61,67)(H,62,70)(H,63,73)(H,64,74)(H,65,72)(H,66,71)(H4,51,52,57)(H4,53,54,58)/t37-,38-,39-,40+,41-,42-/m0/s1. The fourth-order valence-corrected chi connectivity index (χ4v) is 8.46. The SMILES string of the molecule is CC(=O)N[C@@H](CCCN=C(N)N)C(=O)N[C@H]1CCCCCC(=O)CCNC(=O)[C@H](Cc2c[nH]c3ccccc23)NC(=O)[C@H](CCCN=C(N)N)NC(=O)[C@@H](Cc2ccccc2)NC(=O)[C@H](Cc2cnc[nH]2)NC1=O. The zero-order valence-electron chi connectivity index (χ0n) is 41.6. The number of carbonyl (C=O) groups excluding carboxylic acids is 8. The minimum absolute atomic E-state index is 0.000668. The number of benzene rings is 2. The zero-order chi connectivity index (χ0) is 53.4. The van der Waals surface area contributed by atoms with Gasteiger partial charge in [0.15, 0.2) is 11.9 Å². The van der Waals surface area contributed by atoms with Crippen LogP contribution in [0.3, 0.4) is 0 Å². The molecule has 1 saturated heterocycles. The van der Waals surface area contributed by atoms with E-state index >= 15 is 0 Å². The average molecular weight is 1020 g/mol. The Morgan fingerprint density at radius 1 is 0.703 bits per heavy atom. The van der Waals surface area contributed by atoms with Crippen LogP contribution in [-0.2, 0) is 57.6 Å². The predicted molar refractivity (Wildman–Crippen MR) is 277 cm³/mol. The van der Waals surface area contributed by atoms with E-state index in [0.29, 0.717) is 36.9 Å². The van der Waals surface area contributed by atoms with Crippen LogP contribution < -0.4 is 60.2 Å². The maximum Gasteiger partial charge on any atom is 0.243 e. The maximum absolute atomic E-state index is 14.7. The van der Waals surface area contributed by atoms with Crippen molar-refractivity contribution in [2.45, 2.75) is 127 Å². The first-order valence-corrected chi connectivity index (χ1v) is 24.8. The first-order chi connectivity index (χ1) is 35.6. The van der Waals surface area contributed by atoms with Crippen LogP contribution in [0.15, 0.2) is 83.3 Å². The van der Waals surface area contributed by atoms with Gasteiger partial charge < -0.3 is 70.1 Å². The number of para-hydroxylation sites is 1. The summed E-state index contributed by atoms with van der Waals surface area (Å²) in [5, 5.41) is 20.3. The topological polar surface area (TPSA) is 394 Å². The quantitative estimate of drug-likeness (QED) is 0.0343. The van der Waals surface area contributed by atoms with Gasteiger partial charge in [-0.2, -0.15) is 0 Å². The lowest BCUT2D eigenvalue weighted by atomic mass is 10.0. The molecule has 74 heavy (non-hydrogen) atoms. The molecule has 1 aliphatic heterocycles. The summed E-state index contributed by atoms with van der Waals surface area (Å²) in [5.74, 6) is -5.18. The van der Waals surface area contributed by atoms with E-state index in [1.54, 1.807) is 36.5 Å². The molecule has 17 N–H and O–H groups in total. The van der Waals surface area contributed by atoms with Crippen LogP contribution in [0.5, 0.6) is 0 Å². The Morgan fingerprint density at radius 3 is 2.03 bits per heavy atom. The van der Waals surface area contributed by atoms with Crippen LogP contribution in [0, 0.1) is 0 Å². The molecule has 7 amide bonds. The van der Waals surface area contributed by atoms with Gasteiger partial charge in [-0.15, -0.1) is 0 Å². The number of rotatable bonds is 17. The Bertz CT molecular complexity index is 2580. The Balaban J connectivity index is 1.50. The number of H-pyrrole nitrogens is 2. The van der Waals surface area contributed by atoms with E-state index in [2.05, 4.69) is 62.2 Å². The number of fused-ring (bicyclic) bond motifs is 1. The van der Waals surface area contributed by atoms with Crippen molar-refractivity contribution in [3.05, 3.63) is 90.1 Å². The van der Waals surface area contributed by atoms with Crippen molar-refractivity contribution in [1.82, 2.24) is 52.2 Å². The monoisotopic (exact) mass is 1020 g/mol. The molecule has 5 rings (SSSR count). The van der Waals surface area contributed by atoms with Crippen molar-refractivity contribution in [3.63, 3.8) is 0 Å². The van der Waals surface area contributed by atoms with E-state index in [9.17, 15) is 38.4 Å². The van der Waals surface area contributed by atoms with Crippen molar-refractivity contribution in [3.8, 4) is 0 Å². The third kappa shape index (κ3) is 19.0. The summed E-state index contributed by atoms with van der Waals surface area (Å²) in [6.45, 7) is 1.50. The van der Waals surface area contributed by atoms with Gasteiger partial charge in [-0.1, -0.05) is 61.4 Å². The highest BCUT2D eigenvalue weighted by Crippen LogP contribution is 2.20. The normalized spacial score (nSPS) is 20.4. The minimum atomic E-state index is -1.36. The molecule has 0 radical (unpaired) electrons. The van der Waals surface area contributed by atoms with Crippen LogP contribution in [0.25, 0.3) is 10.9 Å². The molecule has 6 atom stereocenters. The fourth-order valence-electron chi connectivity index (χ4n) is 8.46. The van der Waals surface area contributed by atoms with Gasteiger partial charge in [0.25, 0.3) is 0 Å². The van der Waals surface area contributed by atoms with Crippen LogP contribution >= 0.6 is 0 Å². The van der Waals surface area contributed by atoms with Gasteiger partial charge >= 0.3 is 0 Å². The number of nitrogens with one attached hydrogen (secondary N) is 9. The second-order valence-corrected chi connectivity index (χ2v) is 18.2. The lowest BCUT2D eigenvalue weighted by molar-refractivity contribution is -0.135. The van der Waals surface area contributed by atoms with Gasteiger partial charge in [-0.05, 0) is 55.7 Å². The number of Topliss-reactive ketones (excluding diaryl/α,β-unsaturated/α-hetero) is 1. The van der Waals surface area contributed by atoms with Gasteiger partial charge in [0.1, 0.15) is 42.0 Å². The summed E-state index contributed by atoms with van der Waals surface area (Å²) in [5.41, 5.74) is 24.8. The minimum Gasteiger partial charge on any atom is -0.370 e. The number of aromatic amines is 2. The Labute approximate surface area is 428 Å². The van der Waals surface area contributed by atoms with E-state index < -0.39 is 77.6 Å². The first-order valence-electron chi connectivity index (χ1n) is 24.8. The molecule has 0 bridgehead atoms. The van der Waals surface area contributed by atoms with Crippen molar-refractivity contribution >= 4 is 70.0 Å². The van der Waals surface area contributed by atoms with E-state index in [1.165, 1.54) is 19.4 Å². The number of imidazole rings is 1. The van der Waals surface area contributed by atoms with Gasteiger partial charge in [-0.3, -0.25) is 48.3 Å². The maximum atomic E-state index is 14.7. The van der Waals surface area contributed by atoms with Crippen molar-refractivity contribution < 1.29 is 38.4 Å². The summed E-state index contributed by atoms with van der Waals surface area (Å²) in [6.07, 6.45) is 6.61. The number of hydrogen-bond acceptors (Lipinski definition) is 11. The number of aliphatic imine (C=N–C) groups is 2. The molecule has 1 aliphatic rings. The fraction of sp³-hybridized carbons (Fsp3) is 0.460. The molecule has 0 aliphatic carbocycles. The number of nitrogens with two attached hydrogens (primary N) is 4. The number of aromatic nitrogens is 3. The van der Waals surface area contributed by atoms with E-state index in [0.717, 1.165) is 16.5 Å². The number of hydrogen-bond donors (Lipinski definition) is 13. The molecule has 2 aromatic carbocycles. The van der Waals surface area contributed by atoms with Crippen LogP contribution in [-0.4, -0.2) is 130 Å². The second-order valence-electron chi connectivity index (χ2n) is 18.2. The van der Waals surface area contributed by atoms with E-state index in [-0.39, 0.29) is 95.1 Å². The van der Waals surface area contributed by atoms with Gasteiger partial charge in [-0.25, -0.2) is 4.98 Å². The molecular formula is C50H70N16O8. The summed E-state index contributed by atoms with van der Waals surface area (Å²) in [6, 6.07) is 8.86. The Hall–Kier alpha value is -8.31. The number of nitrogens with zero attached hydrogens (tertiary/aromatic N) is 3. The summed E-state index contributed by atoms with van der Waals surface area (Å²) in [7, 11) is 0. The molecule has 0 saturated carbocycles. The molecule has 3 heterocycles. The zero-order valence-corrected chi connectivity index (χ0v) is 41.6. The van der Waals surface area contributed by atoms with Gasteiger partial charge in [0, 0.05) is 87.7 Å². The Morgan fingerprint density at radius 2 is 1.34 bits per heavy atom. The van der Waals surface area contributed by atoms with Gasteiger partial charge in [0.05, 0.1) is 6.33 Å². The van der Waals surface area contributed by atoms with Crippen molar-refractivity contribution in [2.24, 2.45) is 32.9 Å². The van der Waals surface area contributed by atoms with Crippen LogP contribution in [0.4, 0.5) is 0 Å². The summed E-state index contributed by atoms with van der Waals surface area (Å²) in [4.78, 5) is 130. The van der Waals surface area contributed by atoms with E-state index in [1.807, 2.05) is 24.3 Å². The number of guanidine groups is 2. The molecule has 2 aromatic heterocycles. The second kappa shape index (κ2) is 29.3. The molecule has 1 fully saturated rings. The van der Waals surface area contributed by atoms with Crippen molar-refractivity contribution in [2.75, 3.05) is 19.6 Å². The van der Waals surface area contributed by atoms with E-state index in [4.69, 9.17) is 22.9 Å².